The summed E-state index contributed by atoms with van der Waals surface area (Å²) in [7, 11) is 0. The predicted molar refractivity (Wildman–Crippen MR) is 84.2 cm³/mol. The van der Waals surface area contributed by atoms with Gasteiger partial charge in [0.2, 0.25) is 0 Å². The van der Waals surface area contributed by atoms with Crippen LogP contribution in [0, 0.1) is 0 Å². The van der Waals surface area contributed by atoms with E-state index in [0.717, 1.165) is 12.8 Å². The lowest BCUT2D eigenvalue weighted by atomic mass is 9.87. The van der Waals surface area contributed by atoms with Crippen LogP contribution in [0.4, 0.5) is 0 Å². The van der Waals surface area contributed by atoms with Gasteiger partial charge in [-0.05, 0) is 41.5 Å². The number of benzene rings is 2. The first-order chi connectivity index (χ1) is 10.3. The molecule has 0 aromatic heterocycles. The van der Waals surface area contributed by atoms with E-state index < -0.39 is 0 Å². The van der Waals surface area contributed by atoms with Gasteiger partial charge in [-0.25, -0.2) is 0 Å². The van der Waals surface area contributed by atoms with Gasteiger partial charge in [-0.3, -0.25) is 0 Å². The molecule has 0 radical (unpaired) electrons. The highest BCUT2D eigenvalue weighted by Gasteiger charge is 2.33. The van der Waals surface area contributed by atoms with E-state index in [1.54, 1.807) is 0 Å². The molecule has 4 rings (SSSR count). The predicted octanol–water partition coefficient (Wildman–Crippen LogP) is 3.31. The summed E-state index contributed by atoms with van der Waals surface area (Å²) in [6.07, 6.45) is 4.01. The molecule has 0 aliphatic heterocycles. The van der Waals surface area contributed by atoms with Crippen molar-refractivity contribution in [2.24, 2.45) is 0 Å². The molecule has 108 valence electrons. The van der Waals surface area contributed by atoms with Crippen LogP contribution in [0.1, 0.15) is 47.2 Å². The van der Waals surface area contributed by atoms with Crippen LogP contribution in [0.15, 0.2) is 48.5 Å². The number of hydrogen-bond acceptors (Lipinski definition) is 2. The third-order valence-electron chi connectivity index (χ3n) is 4.95. The first kappa shape index (κ1) is 13.1. The Kier molecular flexibility index (Phi) is 3.28. The second-order valence-electron chi connectivity index (χ2n) is 6.26. The summed E-state index contributed by atoms with van der Waals surface area (Å²) in [5.74, 6) is 0. The minimum absolute atomic E-state index is 0.0670. The summed E-state index contributed by atoms with van der Waals surface area (Å²) < 4.78 is 0. The summed E-state index contributed by atoms with van der Waals surface area (Å²) >= 11 is 0. The molecule has 0 saturated carbocycles. The van der Waals surface area contributed by atoms with Gasteiger partial charge in [-0.2, -0.15) is 0 Å². The molecule has 3 unspecified atom stereocenters. The van der Waals surface area contributed by atoms with Gasteiger partial charge in [0.1, 0.15) is 0 Å². The van der Waals surface area contributed by atoms with Crippen LogP contribution in [-0.4, -0.2) is 11.2 Å². The van der Waals surface area contributed by atoms with Gasteiger partial charge in [-0.15, -0.1) is 0 Å². The van der Waals surface area contributed by atoms with Gasteiger partial charge in [-0.1, -0.05) is 48.5 Å². The van der Waals surface area contributed by atoms with Crippen molar-refractivity contribution < 1.29 is 5.11 Å². The number of aliphatic hydroxyl groups excluding tert-OH is 1. The summed E-state index contributed by atoms with van der Waals surface area (Å²) in [5, 5.41) is 14.2. The van der Waals surface area contributed by atoms with E-state index in [1.165, 1.54) is 35.1 Å². The topological polar surface area (TPSA) is 32.3 Å². The summed E-state index contributed by atoms with van der Waals surface area (Å²) in [6.45, 7) is 0. The molecule has 2 nitrogen and oxygen atoms in total. The van der Waals surface area contributed by atoms with Crippen LogP contribution >= 0.6 is 0 Å². The van der Waals surface area contributed by atoms with Crippen LogP contribution in [0.25, 0.3) is 0 Å². The Balaban J connectivity index is 1.63. The van der Waals surface area contributed by atoms with E-state index in [0.29, 0.717) is 6.04 Å². The van der Waals surface area contributed by atoms with Crippen LogP contribution in [-0.2, 0) is 12.8 Å². The van der Waals surface area contributed by atoms with Crippen molar-refractivity contribution in [2.45, 2.75) is 43.9 Å². The molecule has 0 spiro atoms. The molecule has 3 atom stereocenters. The highest BCUT2D eigenvalue weighted by atomic mass is 16.3. The van der Waals surface area contributed by atoms with Crippen LogP contribution < -0.4 is 5.32 Å². The SMILES string of the molecule is OC1Cc2ccccc2C1NC1CCCc2ccccc21. The maximum atomic E-state index is 10.4. The molecular formula is C19H21NO. The van der Waals surface area contributed by atoms with Gasteiger partial charge in [0, 0.05) is 12.5 Å². The van der Waals surface area contributed by atoms with Gasteiger partial charge in [0.05, 0.1) is 12.1 Å². The molecule has 0 bridgehead atoms. The number of aryl methyl sites for hydroxylation is 1. The highest BCUT2D eigenvalue weighted by molar-refractivity contribution is 5.38. The van der Waals surface area contributed by atoms with E-state index in [-0.39, 0.29) is 12.1 Å². The third-order valence-corrected chi connectivity index (χ3v) is 4.95. The standard InChI is InChI=1S/C19H21NO/c21-18-12-14-7-2-4-10-16(14)19(18)20-17-11-5-8-13-6-1-3-9-15(13)17/h1-4,6-7,9-10,17-21H,5,8,11-12H2. The summed E-state index contributed by atoms with van der Waals surface area (Å²) in [5.41, 5.74) is 5.43. The third kappa shape index (κ3) is 2.29. The zero-order chi connectivity index (χ0) is 14.2. The number of aliphatic hydroxyl groups is 1. The number of nitrogens with one attached hydrogen (secondary N) is 1. The number of fused-ring (bicyclic) bond motifs is 2. The quantitative estimate of drug-likeness (QED) is 0.884. The molecule has 2 aromatic rings. The van der Waals surface area contributed by atoms with Crippen molar-refractivity contribution in [3.05, 3.63) is 70.8 Å². The van der Waals surface area contributed by atoms with E-state index in [2.05, 4.69) is 53.8 Å². The van der Waals surface area contributed by atoms with Crippen LogP contribution in [0.3, 0.4) is 0 Å². The maximum Gasteiger partial charge on any atom is 0.0775 e. The number of hydrogen-bond donors (Lipinski definition) is 2. The van der Waals surface area contributed by atoms with Crippen molar-refractivity contribution in [3.8, 4) is 0 Å². The fraction of sp³-hybridized carbons (Fsp3) is 0.368. The van der Waals surface area contributed by atoms with Crippen molar-refractivity contribution in [3.63, 3.8) is 0 Å². The molecule has 2 aromatic carbocycles. The molecule has 2 heteroatoms. The second-order valence-corrected chi connectivity index (χ2v) is 6.26. The smallest absolute Gasteiger partial charge is 0.0775 e. The highest BCUT2D eigenvalue weighted by Crippen LogP contribution is 2.36. The Morgan fingerprint density at radius 1 is 0.905 bits per heavy atom. The Bertz CT molecular complexity index is 652. The molecule has 2 aliphatic carbocycles. The Morgan fingerprint density at radius 3 is 2.48 bits per heavy atom. The lowest BCUT2D eigenvalue weighted by Crippen LogP contribution is -2.33. The number of rotatable bonds is 2. The molecule has 21 heavy (non-hydrogen) atoms. The first-order valence-corrected chi connectivity index (χ1v) is 7.92. The molecule has 2 N–H and O–H groups in total. The fourth-order valence-electron chi connectivity index (χ4n) is 3.92. The van der Waals surface area contributed by atoms with Gasteiger partial charge in [0.25, 0.3) is 0 Å². The van der Waals surface area contributed by atoms with Crippen molar-refractivity contribution in [2.75, 3.05) is 0 Å². The van der Waals surface area contributed by atoms with Crippen molar-refractivity contribution >= 4 is 0 Å². The Hall–Kier alpha value is -1.64. The largest absolute Gasteiger partial charge is 0.391 e. The van der Waals surface area contributed by atoms with Crippen LogP contribution in [0.2, 0.25) is 0 Å². The molecule has 0 saturated heterocycles. The van der Waals surface area contributed by atoms with Gasteiger partial charge >= 0.3 is 0 Å². The molecule has 0 fully saturated rings. The van der Waals surface area contributed by atoms with Crippen molar-refractivity contribution in [1.82, 2.24) is 5.32 Å². The summed E-state index contributed by atoms with van der Waals surface area (Å²) in [6, 6.07) is 17.6. The van der Waals surface area contributed by atoms with Crippen LogP contribution in [0.5, 0.6) is 0 Å². The van der Waals surface area contributed by atoms with Gasteiger partial charge < -0.3 is 10.4 Å². The minimum atomic E-state index is -0.309. The van der Waals surface area contributed by atoms with E-state index in [9.17, 15) is 5.11 Å². The summed E-state index contributed by atoms with van der Waals surface area (Å²) in [4.78, 5) is 0. The minimum Gasteiger partial charge on any atom is -0.391 e. The first-order valence-electron chi connectivity index (χ1n) is 7.92. The van der Waals surface area contributed by atoms with E-state index in [4.69, 9.17) is 0 Å². The fourth-order valence-corrected chi connectivity index (χ4v) is 3.92. The lowest BCUT2D eigenvalue weighted by molar-refractivity contribution is 0.132. The monoisotopic (exact) mass is 279 g/mol. The normalized spacial score (nSPS) is 27.2. The van der Waals surface area contributed by atoms with Gasteiger partial charge in [0.15, 0.2) is 0 Å². The van der Waals surface area contributed by atoms with E-state index >= 15 is 0 Å². The molecule has 2 aliphatic rings. The maximum absolute atomic E-state index is 10.4. The Morgan fingerprint density at radius 2 is 1.62 bits per heavy atom. The molecule has 0 heterocycles. The zero-order valence-corrected chi connectivity index (χ0v) is 12.1. The Labute approximate surface area is 125 Å². The molecule has 0 amide bonds. The molecular weight excluding hydrogens is 258 g/mol. The second kappa shape index (κ2) is 5.28. The average Bonchev–Trinajstić information content (AvgIpc) is 2.84. The lowest BCUT2D eigenvalue weighted by Gasteiger charge is -2.30. The van der Waals surface area contributed by atoms with Crippen molar-refractivity contribution in [1.29, 1.82) is 0 Å². The zero-order valence-electron chi connectivity index (χ0n) is 12.1. The average molecular weight is 279 g/mol. The van der Waals surface area contributed by atoms with E-state index in [1.807, 2.05) is 0 Å².